The van der Waals surface area contributed by atoms with Gasteiger partial charge in [0.1, 0.15) is 11.4 Å². The number of rotatable bonds is 4. The Bertz CT molecular complexity index is 672. The number of para-hydroxylation sites is 1. The Hall–Kier alpha value is -2.34. The zero-order valence-corrected chi connectivity index (χ0v) is 14.3. The standard InChI is InChI=1S/C18H22O6/c1-6-22-16(20)18(21)12-9-7-8-10-13(12)23-14(18)11(2)15(19)24-17(3,4)5/h7-10,14,21H,2,6H2,1,3-5H3/t14-,18-/m1/s1. The Morgan fingerprint density at radius 3 is 2.54 bits per heavy atom. The maximum atomic E-state index is 12.4. The van der Waals surface area contributed by atoms with Crippen molar-refractivity contribution in [2.75, 3.05) is 6.61 Å². The van der Waals surface area contributed by atoms with Gasteiger partial charge in [0.2, 0.25) is 5.60 Å². The van der Waals surface area contributed by atoms with Gasteiger partial charge in [-0.3, -0.25) is 0 Å². The Morgan fingerprint density at radius 2 is 1.96 bits per heavy atom. The second kappa shape index (κ2) is 6.28. The third-order valence-electron chi connectivity index (χ3n) is 3.49. The lowest BCUT2D eigenvalue weighted by molar-refractivity contribution is -0.172. The number of aliphatic hydroxyl groups is 1. The van der Waals surface area contributed by atoms with Crippen molar-refractivity contribution in [2.24, 2.45) is 0 Å². The van der Waals surface area contributed by atoms with E-state index < -0.39 is 29.2 Å². The largest absolute Gasteiger partial charge is 0.481 e. The first-order valence-corrected chi connectivity index (χ1v) is 7.69. The van der Waals surface area contributed by atoms with Gasteiger partial charge in [0.25, 0.3) is 0 Å². The summed E-state index contributed by atoms with van der Waals surface area (Å²) >= 11 is 0. The minimum Gasteiger partial charge on any atom is -0.481 e. The molecule has 1 aliphatic rings. The fourth-order valence-corrected chi connectivity index (χ4v) is 2.47. The first kappa shape index (κ1) is 18.0. The fraction of sp³-hybridized carbons (Fsp3) is 0.444. The first-order chi connectivity index (χ1) is 11.1. The highest BCUT2D eigenvalue weighted by Crippen LogP contribution is 2.44. The molecule has 0 unspecified atom stereocenters. The van der Waals surface area contributed by atoms with Crippen LogP contribution in [0.25, 0.3) is 0 Å². The lowest BCUT2D eigenvalue weighted by Gasteiger charge is -2.28. The van der Waals surface area contributed by atoms with E-state index in [1.807, 2.05) is 0 Å². The fourth-order valence-electron chi connectivity index (χ4n) is 2.47. The average molecular weight is 334 g/mol. The molecular formula is C18H22O6. The summed E-state index contributed by atoms with van der Waals surface area (Å²) in [6.07, 6.45) is -1.32. The number of fused-ring (bicyclic) bond motifs is 1. The molecule has 0 fully saturated rings. The highest BCUT2D eigenvalue weighted by Gasteiger charge is 2.57. The topological polar surface area (TPSA) is 82.1 Å². The van der Waals surface area contributed by atoms with Crippen LogP contribution in [-0.2, 0) is 24.7 Å². The van der Waals surface area contributed by atoms with Crippen molar-refractivity contribution < 1.29 is 28.9 Å². The monoisotopic (exact) mass is 334 g/mol. The third kappa shape index (κ3) is 3.14. The van der Waals surface area contributed by atoms with Gasteiger partial charge in [0.15, 0.2) is 6.10 Å². The summed E-state index contributed by atoms with van der Waals surface area (Å²) in [5, 5.41) is 11.1. The number of hydrogen-bond donors (Lipinski definition) is 1. The van der Waals surface area contributed by atoms with Gasteiger partial charge in [0.05, 0.1) is 12.2 Å². The van der Waals surface area contributed by atoms with E-state index in [9.17, 15) is 14.7 Å². The van der Waals surface area contributed by atoms with Gasteiger partial charge in [-0.15, -0.1) is 0 Å². The normalized spacial score (nSPS) is 22.3. The van der Waals surface area contributed by atoms with Crippen LogP contribution in [0.3, 0.4) is 0 Å². The number of hydrogen-bond acceptors (Lipinski definition) is 6. The molecular weight excluding hydrogens is 312 g/mol. The van der Waals surface area contributed by atoms with Crippen LogP contribution in [0, 0.1) is 0 Å². The molecule has 1 N–H and O–H groups in total. The molecule has 2 rings (SSSR count). The summed E-state index contributed by atoms with van der Waals surface area (Å²) in [5.41, 5.74) is -2.82. The van der Waals surface area contributed by atoms with Crippen LogP contribution >= 0.6 is 0 Å². The molecule has 1 aliphatic heterocycles. The van der Waals surface area contributed by atoms with Gasteiger partial charge in [-0.25, -0.2) is 9.59 Å². The number of carbonyl (C=O) groups is 2. The number of esters is 2. The van der Waals surface area contributed by atoms with E-state index in [1.54, 1.807) is 52.0 Å². The van der Waals surface area contributed by atoms with E-state index >= 15 is 0 Å². The Morgan fingerprint density at radius 1 is 1.33 bits per heavy atom. The van der Waals surface area contributed by atoms with Crippen LogP contribution < -0.4 is 4.74 Å². The first-order valence-electron chi connectivity index (χ1n) is 7.69. The summed E-state index contributed by atoms with van der Waals surface area (Å²) in [4.78, 5) is 24.7. The number of ether oxygens (including phenoxy) is 3. The van der Waals surface area contributed by atoms with Gasteiger partial charge in [-0.1, -0.05) is 24.8 Å². The van der Waals surface area contributed by atoms with Crippen LogP contribution in [-0.4, -0.2) is 35.4 Å². The van der Waals surface area contributed by atoms with Gasteiger partial charge in [-0.2, -0.15) is 0 Å². The lowest BCUT2D eigenvalue weighted by atomic mass is 9.86. The van der Waals surface area contributed by atoms with E-state index in [4.69, 9.17) is 14.2 Å². The average Bonchev–Trinajstić information content (AvgIpc) is 2.80. The Kier molecular flexibility index (Phi) is 4.71. The Balaban J connectivity index is 2.41. The van der Waals surface area contributed by atoms with Crippen molar-refractivity contribution in [3.8, 4) is 5.75 Å². The summed E-state index contributed by atoms with van der Waals surface area (Å²) in [7, 11) is 0. The second-order valence-corrected chi connectivity index (χ2v) is 6.51. The van der Waals surface area contributed by atoms with Crippen molar-refractivity contribution in [2.45, 2.75) is 45.0 Å². The molecule has 24 heavy (non-hydrogen) atoms. The van der Waals surface area contributed by atoms with Crippen LogP contribution in [0.1, 0.15) is 33.3 Å². The third-order valence-corrected chi connectivity index (χ3v) is 3.49. The molecule has 0 aromatic heterocycles. The minimum absolute atomic E-state index is 0.0783. The van der Waals surface area contributed by atoms with Gasteiger partial charge in [0, 0.05) is 5.56 Å². The summed E-state index contributed by atoms with van der Waals surface area (Å²) in [6.45, 7) is 10.5. The zero-order chi connectivity index (χ0) is 18.1. The highest BCUT2D eigenvalue weighted by molar-refractivity contribution is 5.94. The molecule has 6 nitrogen and oxygen atoms in total. The molecule has 0 aliphatic carbocycles. The van der Waals surface area contributed by atoms with E-state index in [1.165, 1.54) is 0 Å². The molecule has 0 saturated heterocycles. The van der Waals surface area contributed by atoms with E-state index in [2.05, 4.69) is 6.58 Å². The van der Waals surface area contributed by atoms with Crippen LogP contribution in [0.5, 0.6) is 5.75 Å². The number of carbonyl (C=O) groups excluding carboxylic acids is 2. The lowest BCUT2D eigenvalue weighted by Crippen LogP contribution is -2.49. The van der Waals surface area contributed by atoms with Crippen molar-refractivity contribution in [1.82, 2.24) is 0 Å². The Labute approximate surface area is 141 Å². The van der Waals surface area contributed by atoms with E-state index in [0.717, 1.165) is 0 Å². The van der Waals surface area contributed by atoms with Gasteiger partial charge in [-0.05, 0) is 33.8 Å². The van der Waals surface area contributed by atoms with E-state index in [0.29, 0.717) is 5.75 Å². The quantitative estimate of drug-likeness (QED) is 0.671. The molecule has 6 heteroatoms. The summed E-state index contributed by atoms with van der Waals surface area (Å²) in [6, 6.07) is 6.50. The predicted octanol–water partition coefficient (Wildman–Crippen LogP) is 2.10. The molecule has 0 bridgehead atoms. The molecule has 1 heterocycles. The molecule has 0 amide bonds. The van der Waals surface area contributed by atoms with Crippen molar-refractivity contribution in [1.29, 1.82) is 0 Å². The van der Waals surface area contributed by atoms with Crippen LogP contribution in [0.15, 0.2) is 36.4 Å². The highest BCUT2D eigenvalue weighted by atomic mass is 16.6. The zero-order valence-electron chi connectivity index (χ0n) is 14.3. The molecule has 0 saturated carbocycles. The van der Waals surface area contributed by atoms with Gasteiger partial charge >= 0.3 is 11.9 Å². The summed E-state index contributed by atoms with van der Waals surface area (Å²) in [5.74, 6) is -1.35. The van der Waals surface area contributed by atoms with Crippen molar-refractivity contribution in [3.63, 3.8) is 0 Å². The van der Waals surface area contributed by atoms with E-state index in [-0.39, 0.29) is 17.7 Å². The molecule has 1 aromatic rings. The minimum atomic E-state index is -2.15. The molecule has 1 aromatic carbocycles. The molecule has 130 valence electrons. The predicted molar refractivity (Wildman–Crippen MR) is 86.4 cm³/mol. The smallest absolute Gasteiger partial charge is 0.347 e. The number of benzene rings is 1. The molecule has 0 radical (unpaired) electrons. The second-order valence-electron chi connectivity index (χ2n) is 6.51. The van der Waals surface area contributed by atoms with Gasteiger partial charge < -0.3 is 19.3 Å². The SMILES string of the molecule is C=C(C(=O)OC(C)(C)C)[C@H]1Oc2ccccc2[C@]1(O)C(=O)OCC. The molecule has 0 spiro atoms. The van der Waals surface area contributed by atoms with Crippen molar-refractivity contribution in [3.05, 3.63) is 42.0 Å². The summed E-state index contributed by atoms with van der Waals surface area (Å²) < 4.78 is 15.9. The maximum Gasteiger partial charge on any atom is 0.347 e. The van der Waals surface area contributed by atoms with Crippen LogP contribution in [0.4, 0.5) is 0 Å². The molecule has 2 atom stereocenters. The van der Waals surface area contributed by atoms with Crippen molar-refractivity contribution >= 4 is 11.9 Å². The maximum absolute atomic E-state index is 12.4. The van der Waals surface area contributed by atoms with Crippen LogP contribution in [0.2, 0.25) is 0 Å².